The van der Waals surface area contributed by atoms with Gasteiger partial charge in [0.1, 0.15) is 18.1 Å². The lowest BCUT2D eigenvalue weighted by Gasteiger charge is -2.34. The number of nitrogens with zero attached hydrogens (tertiary/aromatic N) is 3. The van der Waals surface area contributed by atoms with Crippen LogP contribution in [0.25, 0.3) is 0 Å². The van der Waals surface area contributed by atoms with E-state index < -0.39 is 6.36 Å². The van der Waals surface area contributed by atoms with Crippen LogP contribution in [-0.4, -0.2) is 53.2 Å². The molecule has 0 radical (unpaired) electrons. The van der Waals surface area contributed by atoms with E-state index in [1.165, 1.54) is 12.1 Å². The summed E-state index contributed by atoms with van der Waals surface area (Å²) in [5.74, 6) is 0.330. The molecule has 1 amide bonds. The molecule has 2 aromatic carbocycles. The summed E-state index contributed by atoms with van der Waals surface area (Å²) in [6, 6.07) is 13.0. The summed E-state index contributed by atoms with van der Waals surface area (Å²) in [7, 11) is 0. The summed E-state index contributed by atoms with van der Waals surface area (Å²) < 4.78 is 46.6. The third-order valence-electron chi connectivity index (χ3n) is 5.36. The minimum Gasteiger partial charge on any atom is -0.487 e. The maximum atomic E-state index is 13.0. The Morgan fingerprint density at radius 1 is 1.06 bits per heavy atom. The first-order valence-corrected chi connectivity index (χ1v) is 11.6. The monoisotopic (exact) mass is 491 g/mol. The number of ether oxygens (including phenoxy) is 2. The van der Waals surface area contributed by atoms with E-state index >= 15 is 0 Å². The summed E-state index contributed by atoms with van der Waals surface area (Å²) in [6.07, 6.45) is -4.70. The number of hydrogen-bond acceptors (Lipinski definition) is 6. The second-order valence-electron chi connectivity index (χ2n) is 7.93. The van der Waals surface area contributed by atoms with Crippen LogP contribution in [0, 0.1) is 6.92 Å². The highest BCUT2D eigenvalue weighted by Crippen LogP contribution is 2.23. The van der Waals surface area contributed by atoms with E-state index in [4.69, 9.17) is 4.74 Å². The molecular weight excluding hydrogens is 467 g/mol. The molecule has 1 aromatic heterocycles. The molecule has 0 N–H and O–H groups in total. The summed E-state index contributed by atoms with van der Waals surface area (Å²) >= 11 is 1.57. The van der Waals surface area contributed by atoms with Gasteiger partial charge in [0, 0.05) is 43.7 Å². The van der Waals surface area contributed by atoms with Crippen LogP contribution in [0.4, 0.5) is 13.2 Å². The fourth-order valence-corrected chi connectivity index (χ4v) is 4.29. The Kier molecular flexibility index (Phi) is 7.38. The van der Waals surface area contributed by atoms with Gasteiger partial charge in [0.25, 0.3) is 5.91 Å². The van der Waals surface area contributed by atoms with Gasteiger partial charge in [-0.25, -0.2) is 4.98 Å². The highest BCUT2D eigenvalue weighted by molar-refractivity contribution is 7.09. The summed E-state index contributed by atoms with van der Waals surface area (Å²) in [4.78, 5) is 21.3. The Morgan fingerprint density at radius 3 is 2.44 bits per heavy atom. The number of thiazole rings is 1. The van der Waals surface area contributed by atoms with Crippen LogP contribution >= 0.6 is 11.3 Å². The molecule has 0 unspecified atom stereocenters. The maximum Gasteiger partial charge on any atom is 0.573 e. The van der Waals surface area contributed by atoms with Crippen molar-refractivity contribution in [1.82, 2.24) is 14.8 Å². The number of aryl methyl sites for hydroxylation is 1. The smallest absolute Gasteiger partial charge is 0.487 e. The minimum atomic E-state index is -4.70. The van der Waals surface area contributed by atoms with Crippen molar-refractivity contribution in [3.63, 3.8) is 0 Å². The molecule has 0 spiro atoms. The zero-order chi connectivity index (χ0) is 24.1. The predicted octanol–water partition coefficient (Wildman–Crippen LogP) is 4.89. The largest absolute Gasteiger partial charge is 0.573 e. The zero-order valence-electron chi connectivity index (χ0n) is 18.5. The Morgan fingerprint density at radius 2 is 1.79 bits per heavy atom. The van der Waals surface area contributed by atoms with Gasteiger partial charge in [0.2, 0.25) is 0 Å². The van der Waals surface area contributed by atoms with Crippen LogP contribution in [0.2, 0.25) is 0 Å². The van der Waals surface area contributed by atoms with E-state index in [1.807, 2.05) is 18.4 Å². The summed E-state index contributed by atoms with van der Waals surface area (Å²) in [5.41, 5.74) is 2.31. The molecule has 10 heteroatoms. The van der Waals surface area contributed by atoms with E-state index in [-0.39, 0.29) is 11.7 Å². The fourth-order valence-electron chi connectivity index (χ4n) is 3.70. The van der Waals surface area contributed by atoms with Crippen LogP contribution in [-0.2, 0) is 13.2 Å². The van der Waals surface area contributed by atoms with Gasteiger partial charge in [-0.15, -0.1) is 24.5 Å². The average molecular weight is 492 g/mol. The first-order valence-electron chi connectivity index (χ1n) is 10.8. The standard InChI is InChI=1S/C24H24F3N3O3S/c1-17-28-20(16-34-17)15-32-22-4-2-3-19(13-22)23(31)30-11-9-29(10-12-30)14-18-5-7-21(8-6-18)33-24(25,26)27/h2-8,13,16H,9-12,14-15H2,1H3. The number of aromatic nitrogens is 1. The van der Waals surface area contributed by atoms with Gasteiger partial charge >= 0.3 is 6.36 Å². The van der Waals surface area contributed by atoms with E-state index in [0.29, 0.717) is 50.6 Å². The molecule has 34 heavy (non-hydrogen) atoms. The highest BCUT2D eigenvalue weighted by Gasteiger charge is 2.31. The molecule has 180 valence electrons. The quantitative estimate of drug-likeness (QED) is 0.471. The molecule has 1 fully saturated rings. The molecule has 0 saturated carbocycles. The van der Waals surface area contributed by atoms with Gasteiger partial charge in [0.15, 0.2) is 0 Å². The second-order valence-corrected chi connectivity index (χ2v) is 9.00. The van der Waals surface area contributed by atoms with Crippen LogP contribution in [0.1, 0.15) is 26.6 Å². The van der Waals surface area contributed by atoms with Gasteiger partial charge in [-0.2, -0.15) is 0 Å². The second kappa shape index (κ2) is 10.4. The normalized spacial score (nSPS) is 14.8. The van der Waals surface area contributed by atoms with Crippen molar-refractivity contribution in [2.24, 2.45) is 0 Å². The Hall–Kier alpha value is -3.11. The number of alkyl halides is 3. The molecule has 0 bridgehead atoms. The number of amides is 1. The minimum absolute atomic E-state index is 0.0525. The lowest BCUT2D eigenvalue weighted by molar-refractivity contribution is -0.274. The lowest BCUT2D eigenvalue weighted by atomic mass is 10.1. The van der Waals surface area contributed by atoms with Crippen LogP contribution < -0.4 is 9.47 Å². The van der Waals surface area contributed by atoms with E-state index in [9.17, 15) is 18.0 Å². The molecule has 1 saturated heterocycles. The first kappa shape index (κ1) is 24.0. The number of rotatable bonds is 7. The number of hydrogen-bond donors (Lipinski definition) is 0. The van der Waals surface area contributed by atoms with Crippen molar-refractivity contribution in [3.8, 4) is 11.5 Å². The van der Waals surface area contributed by atoms with Crippen molar-refractivity contribution in [1.29, 1.82) is 0 Å². The van der Waals surface area contributed by atoms with Crippen LogP contribution in [0.3, 0.4) is 0 Å². The molecule has 3 aromatic rings. The van der Waals surface area contributed by atoms with Gasteiger partial charge in [-0.05, 0) is 42.8 Å². The molecule has 1 aliphatic heterocycles. The number of carbonyl (C=O) groups excluding carboxylic acids is 1. The first-order chi connectivity index (χ1) is 16.2. The van der Waals surface area contributed by atoms with E-state index in [0.717, 1.165) is 16.3 Å². The van der Waals surface area contributed by atoms with Gasteiger partial charge in [-0.3, -0.25) is 9.69 Å². The Labute approximate surface area is 199 Å². The van der Waals surface area contributed by atoms with Gasteiger partial charge in [-0.1, -0.05) is 18.2 Å². The average Bonchev–Trinajstić information content (AvgIpc) is 3.23. The summed E-state index contributed by atoms with van der Waals surface area (Å²) in [6.45, 7) is 5.36. The lowest BCUT2D eigenvalue weighted by Crippen LogP contribution is -2.48. The fraction of sp³-hybridized carbons (Fsp3) is 0.333. The number of benzene rings is 2. The van der Waals surface area contributed by atoms with E-state index in [1.54, 1.807) is 46.6 Å². The van der Waals surface area contributed by atoms with Gasteiger partial charge in [0.05, 0.1) is 10.7 Å². The molecule has 0 atom stereocenters. The molecule has 6 nitrogen and oxygen atoms in total. The molecule has 0 aliphatic carbocycles. The molecule has 2 heterocycles. The molecular formula is C24H24F3N3O3S. The Balaban J connectivity index is 1.27. The molecule has 4 rings (SSSR count). The topological polar surface area (TPSA) is 54.9 Å². The van der Waals surface area contributed by atoms with Crippen LogP contribution in [0.5, 0.6) is 11.5 Å². The third kappa shape index (κ3) is 6.71. The van der Waals surface area contributed by atoms with Crippen molar-refractivity contribution >= 4 is 17.2 Å². The van der Waals surface area contributed by atoms with Crippen molar-refractivity contribution in [2.75, 3.05) is 26.2 Å². The maximum absolute atomic E-state index is 13.0. The van der Waals surface area contributed by atoms with Crippen LogP contribution in [0.15, 0.2) is 53.9 Å². The third-order valence-corrected chi connectivity index (χ3v) is 6.18. The Bertz CT molecular complexity index is 1110. The highest BCUT2D eigenvalue weighted by atomic mass is 32.1. The van der Waals surface area contributed by atoms with Crippen molar-refractivity contribution in [3.05, 3.63) is 75.7 Å². The SMILES string of the molecule is Cc1nc(COc2cccc(C(=O)N3CCN(Cc4ccc(OC(F)(F)F)cc4)CC3)c2)cs1. The van der Waals surface area contributed by atoms with E-state index in [2.05, 4.69) is 14.6 Å². The van der Waals surface area contributed by atoms with Gasteiger partial charge < -0.3 is 14.4 Å². The van der Waals surface area contributed by atoms with Crippen molar-refractivity contribution < 1.29 is 27.4 Å². The zero-order valence-corrected chi connectivity index (χ0v) is 19.4. The van der Waals surface area contributed by atoms with Crippen molar-refractivity contribution in [2.45, 2.75) is 26.4 Å². The predicted molar refractivity (Wildman–Crippen MR) is 122 cm³/mol. The number of halogens is 3. The number of carbonyl (C=O) groups is 1. The molecule has 1 aliphatic rings. The summed E-state index contributed by atoms with van der Waals surface area (Å²) in [5, 5.41) is 2.93. The number of piperazine rings is 1.